The van der Waals surface area contributed by atoms with Gasteiger partial charge in [0.2, 0.25) is 0 Å². The summed E-state index contributed by atoms with van der Waals surface area (Å²) >= 11 is 0. The number of nitrogens with two attached hydrogens (primary N) is 9. The third kappa shape index (κ3) is 1.99. The molecule has 1 aromatic rings. The van der Waals surface area contributed by atoms with Crippen LogP contribution in [0.3, 0.4) is 0 Å². The van der Waals surface area contributed by atoms with Gasteiger partial charge in [-0.25, -0.2) is 0 Å². The fourth-order valence-corrected chi connectivity index (χ4v) is 11.7. The van der Waals surface area contributed by atoms with E-state index in [2.05, 4.69) is 13.4 Å². The standard InChI is InChI=1S/C29H43N11/c1-39-25-12-11-16(30)28(37)23(25)13-24(28,35)29(23,38)20(32)18-17-19(31)14-9-7-5-3-4-6-8-10-15(14)26(17,40-2)21(33)22(34)27(18,25)36/h3-10,16-22H,1-2,11-13,30-38H2/t16?,17?,18?,19?,20?,21?,22?,23-,24?,25?,26?,27?,28+,29?/m0/s1. The zero-order valence-corrected chi connectivity index (χ0v) is 22.8. The van der Waals surface area contributed by atoms with Crippen molar-refractivity contribution >= 4 is 13.4 Å². The molecule has 214 valence electrons. The van der Waals surface area contributed by atoms with Gasteiger partial charge in [0.1, 0.15) is 5.54 Å². The van der Waals surface area contributed by atoms with Gasteiger partial charge < -0.3 is 51.6 Å². The van der Waals surface area contributed by atoms with Gasteiger partial charge in [-0.15, -0.1) is 0 Å². The molecule has 0 aromatic heterocycles. The van der Waals surface area contributed by atoms with Gasteiger partial charge in [0.25, 0.3) is 0 Å². The van der Waals surface area contributed by atoms with Crippen molar-refractivity contribution in [3.63, 3.8) is 0 Å². The third-order valence-electron chi connectivity index (χ3n) is 13.2. The molecule has 0 saturated heterocycles. The predicted molar refractivity (Wildman–Crippen MR) is 157 cm³/mol. The van der Waals surface area contributed by atoms with Crippen LogP contribution in [0.15, 0.2) is 58.5 Å². The van der Waals surface area contributed by atoms with Crippen molar-refractivity contribution in [2.45, 2.75) is 82.7 Å². The molecule has 6 fully saturated rings. The highest BCUT2D eigenvalue weighted by atomic mass is 15.3. The van der Waals surface area contributed by atoms with E-state index < -0.39 is 80.7 Å². The molecule has 1 spiro atoms. The quantitative estimate of drug-likeness (QED) is 0.181. The normalized spacial score (nSPS) is 58.0. The lowest BCUT2D eigenvalue weighted by Gasteiger charge is -2.99. The van der Waals surface area contributed by atoms with Crippen molar-refractivity contribution in [1.29, 1.82) is 0 Å². The van der Waals surface area contributed by atoms with Gasteiger partial charge in [-0.3, -0.25) is 9.98 Å². The number of fused-ring (bicyclic) bond motifs is 6. The van der Waals surface area contributed by atoms with Gasteiger partial charge in [-0.05, 0) is 43.8 Å². The lowest BCUT2D eigenvalue weighted by atomic mass is 9.09. The summed E-state index contributed by atoms with van der Waals surface area (Å²) in [6, 6.07) is 12.3. The molecule has 0 aliphatic heterocycles. The van der Waals surface area contributed by atoms with Crippen LogP contribution in [0.4, 0.5) is 0 Å². The van der Waals surface area contributed by atoms with E-state index in [4.69, 9.17) is 61.6 Å². The number of aliphatic imine (C=N–C) groups is 2. The Morgan fingerprint density at radius 2 is 1.35 bits per heavy atom. The number of nitrogens with zero attached hydrogens (tertiary/aromatic N) is 2. The molecule has 0 radical (unpaired) electrons. The Balaban J connectivity index is 1.55. The van der Waals surface area contributed by atoms with Gasteiger partial charge in [-0.1, -0.05) is 48.5 Å². The average molecular weight is 546 g/mol. The van der Waals surface area contributed by atoms with Crippen LogP contribution in [-0.2, 0) is 5.54 Å². The lowest BCUT2D eigenvalue weighted by Crippen LogP contribution is -3.21. The van der Waals surface area contributed by atoms with Gasteiger partial charge in [0.15, 0.2) is 0 Å². The van der Waals surface area contributed by atoms with Gasteiger partial charge >= 0.3 is 0 Å². The van der Waals surface area contributed by atoms with E-state index in [1.807, 2.05) is 48.5 Å². The fourth-order valence-electron chi connectivity index (χ4n) is 11.7. The first-order chi connectivity index (χ1) is 18.8. The Morgan fingerprint density at radius 1 is 0.725 bits per heavy atom. The molecule has 7 aliphatic rings. The maximum Gasteiger partial charge on any atom is 0.107 e. The van der Waals surface area contributed by atoms with Crippen molar-refractivity contribution in [3.8, 4) is 0 Å². The SMILES string of the molecule is C=NC12c3ccccccccc3C(N)C1C1C(N)C3(N)C4(N)C[C@@]35C(N=C)(CCC(N)[C@]45N)C1(N)C(N)C2N. The van der Waals surface area contributed by atoms with Crippen LogP contribution in [0.25, 0.3) is 0 Å². The molecule has 12 unspecified atom stereocenters. The first-order valence-corrected chi connectivity index (χ1v) is 14.1. The molecule has 8 rings (SSSR count). The van der Waals surface area contributed by atoms with E-state index in [1.165, 1.54) is 0 Å². The van der Waals surface area contributed by atoms with Crippen LogP contribution >= 0.6 is 0 Å². The molecule has 1 aromatic carbocycles. The van der Waals surface area contributed by atoms with Crippen LogP contribution in [-0.4, -0.2) is 65.3 Å². The van der Waals surface area contributed by atoms with Crippen molar-refractivity contribution in [1.82, 2.24) is 0 Å². The summed E-state index contributed by atoms with van der Waals surface area (Å²) in [7, 11) is 0. The molecular formula is C29H43N11. The van der Waals surface area contributed by atoms with Gasteiger partial charge in [0, 0.05) is 41.4 Å². The average Bonchev–Trinajstić information content (AvgIpc) is 3.19. The fraction of sp³-hybridized carbons (Fsp3) is 0.586. The van der Waals surface area contributed by atoms with Crippen LogP contribution in [0.5, 0.6) is 0 Å². The van der Waals surface area contributed by atoms with E-state index >= 15 is 0 Å². The maximum absolute atomic E-state index is 7.71. The highest BCUT2D eigenvalue weighted by Crippen LogP contribution is 2.88. The van der Waals surface area contributed by atoms with E-state index in [9.17, 15) is 0 Å². The monoisotopic (exact) mass is 545 g/mol. The molecule has 40 heavy (non-hydrogen) atoms. The lowest BCUT2D eigenvalue weighted by molar-refractivity contribution is -0.403. The summed E-state index contributed by atoms with van der Waals surface area (Å²) in [5.41, 5.74) is 59.3. The van der Waals surface area contributed by atoms with Crippen LogP contribution < -0.4 is 51.6 Å². The number of hydrogen-bond donors (Lipinski definition) is 9. The number of rotatable bonds is 2. The van der Waals surface area contributed by atoms with Crippen molar-refractivity contribution in [2.75, 3.05) is 0 Å². The van der Waals surface area contributed by atoms with E-state index in [0.717, 1.165) is 11.1 Å². The Bertz CT molecular complexity index is 1400. The van der Waals surface area contributed by atoms with Crippen molar-refractivity contribution in [3.05, 3.63) is 59.7 Å². The topological polar surface area (TPSA) is 259 Å². The summed E-state index contributed by atoms with van der Waals surface area (Å²) in [4.78, 5) is 9.65. The minimum absolute atomic E-state index is 0.396. The predicted octanol–water partition coefficient (Wildman–Crippen LogP) is -2.28. The molecule has 18 N–H and O–H groups in total. The Morgan fingerprint density at radius 3 is 1.98 bits per heavy atom. The Hall–Kier alpha value is -2.32. The van der Waals surface area contributed by atoms with E-state index in [-0.39, 0.29) is 0 Å². The van der Waals surface area contributed by atoms with E-state index in [0.29, 0.717) is 19.3 Å². The molecule has 7 aliphatic carbocycles. The van der Waals surface area contributed by atoms with Crippen molar-refractivity contribution < 1.29 is 0 Å². The summed E-state index contributed by atoms with van der Waals surface area (Å²) in [5.74, 6) is -1.07. The van der Waals surface area contributed by atoms with Gasteiger partial charge in [0.05, 0.1) is 33.7 Å². The molecule has 11 nitrogen and oxygen atoms in total. The zero-order valence-electron chi connectivity index (χ0n) is 22.8. The minimum Gasteiger partial charge on any atom is -0.326 e. The molecule has 2 bridgehead atoms. The largest absolute Gasteiger partial charge is 0.326 e. The molecule has 0 amide bonds. The smallest absolute Gasteiger partial charge is 0.107 e. The minimum atomic E-state index is -1.28. The van der Waals surface area contributed by atoms with Gasteiger partial charge in [-0.2, -0.15) is 0 Å². The Kier molecular flexibility index (Phi) is 4.89. The first kappa shape index (κ1) is 26.6. The second-order valence-corrected chi connectivity index (χ2v) is 13.4. The summed E-state index contributed by atoms with van der Waals surface area (Å²) in [5, 5.41) is 0. The van der Waals surface area contributed by atoms with Crippen LogP contribution in [0.1, 0.15) is 36.4 Å². The van der Waals surface area contributed by atoms with Crippen LogP contribution in [0.2, 0.25) is 0 Å². The second kappa shape index (κ2) is 7.35. The van der Waals surface area contributed by atoms with Crippen molar-refractivity contribution in [2.24, 2.45) is 78.8 Å². The summed E-state index contributed by atoms with van der Waals surface area (Å²) < 4.78 is 0. The summed E-state index contributed by atoms with van der Waals surface area (Å²) in [6.07, 6.45) is 1.52. The molecule has 6 saturated carbocycles. The molecular weight excluding hydrogens is 502 g/mol. The number of hydrogen-bond acceptors (Lipinski definition) is 11. The highest BCUT2D eigenvalue weighted by molar-refractivity contribution is 5.66. The Labute approximate surface area is 234 Å². The maximum atomic E-state index is 7.71. The highest BCUT2D eigenvalue weighted by Gasteiger charge is 3.05. The van der Waals surface area contributed by atoms with Crippen LogP contribution in [0, 0.1) is 17.3 Å². The molecule has 0 heterocycles. The second-order valence-electron chi connectivity index (χ2n) is 13.4. The molecule has 11 heteroatoms. The first-order valence-electron chi connectivity index (χ1n) is 14.1. The molecule has 14 atom stereocenters. The third-order valence-corrected chi connectivity index (χ3v) is 13.2. The summed E-state index contributed by atoms with van der Waals surface area (Å²) in [6.45, 7) is 8.16. The van der Waals surface area contributed by atoms with E-state index in [1.54, 1.807) is 0 Å². The zero-order chi connectivity index (χ0) is 28.9.